The molecule has 0 radical (unpaired) electrons. The highest BCUT2D eigenvalue weighted by molar-refractivity contribution is 6.31. The number of hydrazine groups is 1. The molecule has 1 aromatic carbocycles. The number of fused-ring (bicyclic) bond motifs is 1. The molecule has 0 spiro atoms. The Morgan fingerprint density at radius 2 is 2.16 bits per heavy atom. The minimum absolute atomic E-state index is 0.176. The minimum atomic E-state index is -4.57. The number of amides is 1. The number of carbonyl (C=O) groups is 1. The fourth-order valence-electron chi connectivity index (χ4n) is 3.86. The summed E-state index contributed by atoms with van der Waals surface area (Å²) in [5.41, 5.74) is 3.65. The van der Waals surface area contributed by atoms with E-state index in [1.165, 1.54) is 18.3 Å². The number of nitrogens with one attached hydrogen (secondary N) is 3. The van der Waals surface area contributed by atoms with Crippen molar-refractivity contribution < 1.29 is 18.0 Å². The summed E-state index contributed by atoms with van der Waals surface area (Å²) in [4.78, 5) is 16.3. The minimum Gasteiger partial charge on any atom is -0.380 e. The number of benzene rings is 1. The highest BCUT2D eigenvalue weighted by Gasteiger charge is 2.34. The molecule has 3 heterocycles. The van der Waals surface area contributed by atoms with E-state index in [0.29, 0.717) is 41.2 Å². The van der Waals surface area contributed by atoms with Gasteiger partial charge in [0.25, 0.3) is 5.91 Å². The van der Waals surface area contributed by atoms with Gasteiger partial charge in [-0.05, 0) is 43.5 Å². The molecule has 0 aliphatic carbocycles. The van der Waals surface area contributed by atoms with Crippen molar-refractivity contribution in [3.8, 4) is 0 Å². The number of halogens is 4. The predicted molar refractivity (Wildman–Crippen MR) is 115 cm³/mol. The Morgan fingerprint density at radius 1 is 1.34 bits per heavy atom. The third kappa shape index (κ3) is 4.81. The lowest BCUT2D eigenvalue weighted by molar-refractivity contribution is -0.140. The number of anilines is 1. The number of hydrogen-bond donors (Lipinski definition) is 3. The average molecular weight is 467 g/mol. The van der Waals surface area contributed by atoms with Gasteiger partial charge in [-0.25, -0.2) is 9.99 Å². The number of alkyl halides is 3. The number of hydrogen-bond acceptors (Lipinski definition) is 5. The fourth-order valence-corrected chi connectivity index (χ4v) is 4.03. The van der Waals surface area contributed by atoms with Gasteiger partial charge in [0.05, 0.1) is 17.3 Å². The lowest BCUT2D eigenvalue weighted by Crippen LogP contribution is -2.51. The lowest BCUT2D eigenvalue weighted by atomic mass is 10.1. The summed E-state index contributed by atoms with van der Waals surface area (Å²) < 4.78 is 40.1. The van der Waals surface area contributed by atoms with E-state index in [1.807, 2.05) is 6.92 Å². The van der Waals surface area contributed by atoms with Crippen LogP contribution in [0.2, 0.25) is 5.02 Å². The second-order valence-electron chi connectivity index (χ2n) is 7.70. The normalized spacial score (nSPS) is 17.5. The molecule has 1 atom stereocenters. The molecule has 4 rings (SSSR count). The zero-order valence-electron chi connectivity index (χ0n) is 17.3. The first kappa shape index (κ1) is 22.3. The van der Waals surface area contributed by atoms with Gasteiger partial charge in [0, 0.05) is 40.9 Å². The summed E-state index contributed by atoms with van der Waals surface area (Å²) in [5, 5.41) is 12.6. The monoisotopic (exact) mass is 466 g/mol. The molecule has 1 amide bonds. The van der Waals surface area contributed by atoms with Crippen LogP contribution in [-0.2, 0) is 12.6 Å². The van der Waals surface area contributed by atoms with Crippen LogP contribution in [-0.4, -0.2) is 45.2 Å². The van der Waals surface area contributed by atoms with Gasteiger partial charge in [0.2, 0.25) is 0 Å². The van der Waals surface area contributed by atoms with E-state index in [1.54, 1.807) is 11.1 Å². The number of piperidine rings is 1. The Balaban J connectivity index is 1.53. The number of H-pyrrole nitrogens is 1. The van der Waals surface area contributed by atoms with Crippen molar-refractivity contribution in [2.45, 2.75) is 38.4 Å². The number of pyridine rings is 1. The van der Waals surface area contributed by atoms with Crippen molar-refractivity contribution in [3.63, 3.8) is 0 Å². The van der Waals surface area contributed by atoms with E-state index in [2.05, 4.69) is 25.9 Å². The topological polar surface area (TPSA) is 85.9 Å². The Kier molecular flexibility index (Phi) is 6.25. The van der Waals surface area contributed by atoms with Crippen molar-refractivity contribution in [3.05, 3.63) is 52.4 Å². The van der Waals surface area contributed by atoms with Crippen molar-refractivity contribution in [1.29, 1.82) is 0 Å². The zero-order chi connectivity index (χ0) is 22.9. The molecular formula is C21H22ClF3N6O. The second-order valence-corrected chi connectivity index (χ2v) is 8.14. The number of rotatable bonds is 5. The smallest absolute Gasteiger partial charge is 0.380 e. The highest BCUT2D eigenvalue weighted by atomic mass is 35.5. The maximum absolute atomic E-state index is 13.4. The molecule has 0 unspecified atom stereocenters. The van der Waals surface area contributed by atoms with E-state index >= 15 is 0 Å². The van der Waals surface area contributed by atoms with Crippen LogP contribution in [0.25, 0.3) is 10.9 Å². The van der Waals surface area contributed by atoms with Gasteiger partial charge >= 0.3 is 6.18 Å². The van der Waals surface area contributed by atoms with Crippen LogP contribution in [0, 0.1) is 0 Å². The maximum atomic E-state index is 13.4. The van der Waals surface area contributed by atoms with Crippen LogP contribution in [0.4, 0.5) is 18.9 Å². The highest BCUT2D eigenvalue weighted by Crippen LogP contribution is 2.34. The maximum Gasteiger partial charge on any atom is 0.433 e. The first-order valence-electron chi connectivity index (χ1n) is 10.3. The zero-order valence-corrected chi connectivity index (χ0v) is 18.0. The van der Waals surface area contributed by atoms with Crippen LogP contribution in [0.3, 0.4) is 0 Å². The summed E-state index contributed by atoms with van der Waals surface area (Å²) in [5.74, 6) is -0.267. The Morgan fingerprint density at radius 3 is 2.91 bits per heavy atom. The molecule has 1 fully saturated rings. The van der Waals surface area contributed by atoms with Gasteiger partial charge in [-0.15, -0.1) is 0 Å². The third-order valence-corrected chi connectivity index (χ3v) is 5.65. The number of aryl methyl sites for hydroxylation is 1. The summed E-state index contributed by atoms with van der Waals surface area (Å²) >= 11 is 6.08. The summed E-state index contributed by atoms with van der Waals surface area (Å²) in [6, 6.07) is 5.42. The SMILES string of the molecule is CCc1[nH]ncc1C(=O)NN1CCC[C@H](Nc2cc(C(F)(F)F)nc3ccc(Cl)cc23)C1. The molecule has 3 N–H and O–H groups in total. The molecule has 0 bridgehead atoms. The lowest BCUT2D eigenvalue weighted by Gasteiger charge is -2.34. The second kappa shape index (κ2) is 8.95. The van der Waals surface area contributed by atoms with Crippen LogP contribution < -0.4 is 10.7 Å². The Bertz CT molecular complexity index is 1130. The van der Waals surface area contributed by atoms with Crippen LogP contribution in [0.15, 0.2) is 30.5 Å². The molecule has 1 aliphatic rings. The van der Waals surface area contributed by atoms with Crippen molar-refractivity contribution in [2.24, 2.45) is 0 Å². The third-order valence-electron chi connectivity index (χ3n) is 5.42. The van der Waals surface area contributed by atoms with E-state index in [9.17, 15) is 18.0 Å². The van der Waals surface area contributed by atoms with Gasteiger partial charge in [-0.3, -0.25) is 15.3 Å². The van der Waals surface area contributed by atoms with E-state index in [4.69, 9.17) is 11.6 Å². The van der Waals surface area contributed by atoms with Crippen molar-refractivity contribution >= 4 is 34.1 Å². The predicted octanol–water partition coefficient (Wildman–Crippen LogP) is 4.41. The molecule has 32 heavy (non-hydrogen) atoms. The molecular weight excluding hydrogens is 445 g/mol. The summed E-state index contributed by atoms with van der Waals surface area (Å²) in [7, 11) is 0. The van der Waals surface area contributed by atoms with Gasteiger partial charge < -0.3 is 5.32 Å². The molecule has 3 aromatic rings. The van der Waals surface area contributed by atoms with Gasteiger partial charge in [0.1, 0.15) is 5.69 Å². The van der Waals surface area contributed by atoms with Crippen molar-refractivity contribution in [1.82, 2.24) is 25.6 Å². The fraction of sp³-hybridized carbons (Fsp3) is 0.381. The van der Waals surface area contributed by atoms with Gasteiger partial charge in [-0.2, -0.15) is 18.3 Å². The average Bonchev–Trinajstić information content (AvgIpc) is 3.22. The molecule has 7 nitrogen and oxygen atoms in total. The van der Waals surface area contributed by atoms with Crippen LogP contribution >= 0.6 is 11.6 Å². The number of nitrogens with zero attached hydrogens (tertiary/aromatic N) is 3. The van der Waals surface area contributed by atoms with E-state index in [0.717, 1.165) is 24.6 Å². The number of aromatic amines is 1. The summed E-state index contributed by atoms with van der Waals surface area (Å²) in [6.07, 6.45) is -0.937. The first-order valence-corrected chi connectivity index (χ1v) is 10.6. The van der Waals surface area contributed by atoms with E-state index < -0.39 is 11.9 Å². The molecule has 2 aromatic heterocycles. The first-order chi connectivity index (χ1) is 15.2. The number of aromatic nitrogens is 3. The molecule has 1 aliphatic heterocycles. The van der Waals surface area contributed by atoms with Crippen LogP contribution in [0.1, 0.15) is 41.5 Å². The van der Waals surface area contributed by atoms with Crippen LogP contribution in [0.5, 0.6) is 0 Å². The van der Waals surface area contributed by atoms with Gasteiger partial charge in [-0.1, -0.05) is 18.5 Å². The van der Waals surface area contributed by atoms with Gasteiger partial charge in [0.15, 0.2) is 0 Å². The largest absolute Gasteiger partial charge is 0.433 e. The van der Waals surface area contributed by atoms with E-state index in [-0.39, 0.29) is 17.5 Å². The molecule has 1 saturated heterocycles. The Hall–Kier alpha value is -2.85. The van der Waals surface area contributed by atoms with Crippen molar-refractivity contribution in [2.75, 3.05) is 18.4 Å². The molecule has 170 valence electrons. The number of carbonyl (C=O) groups excluding carboxylic acids is 1. The standard InChI is InChI=1S/C21H22ClF3N6O/c1-2-16-15(10-26-29-16)20(32)30-31-7-3-4-13(11-31)27-18-9-19(21(23,24)25)28-17-6-5-12(22)8-14(17)18/h5-6,8-10,13H,2-4,7,11H2,1H3,(H,26,29)(H,27,28)(H,30,32)/t13-/m0/s1. The quantitative estimate of drug-likeness (QED) is 0.518. The summed E-state index contributed by atoms with van der Waals surface area (Å²) in [6.45, 7) is 2.99. The Labute approximate surface area is 187 Å². The molecule has 11 heteroatoms. The molecule has 0 saturated carbocycles.